The number of thiophene rings is 1. The summed E-state index contributed by atoms with van der Waals surface area (Å²) in [5, 5.41) is 10.4. The predicted octanol–water partition coefficient (Wildman–Crippen LogP) is 3.63. The Balaban J connectivity index is 1.93. The van der Waals surface area contributed by atoms with Crippen LogP contribution in [0.15, 0.2) is 47.0 Å². The third-order valence-electron chi connectivity index (χ3n) is 3.97. The molecule has 1 aromatic heterocycles. The number of carbonyl (C=O) groups is 2. The molecule has 0 bridgehead atoms. The number of hydrogen-bond donors (Lipinski definition) is 3. The van der Waals surface area contributed by atoms with E-state index in [2.05, 4.69) is 16.0 Å². The second-order valence-electron chi connectivity index (χ2n) is 5.86. The summed E-state index contributed by atoms with van der Waals surface area (Å²) < 4.78 is 0. The summed E-state index contributed by atoms with van der Waals surface area (Å²) in [4.78, 5) is 25.6. The lowest BCUT2D eigenvalue weighted by Crippen LogP contribution is -2.45. The summed E-state index contributed by atoms with van der Waals surface area (Å²) in [7, 11) is 0. The van der Waals surface area contributed by atoms with Gasteiger partial charge in [-0.15, -0.1) is 11.3 Å². The molecular formula is C18H19N3O2S. The predicted molar refractivity (Wildman–Crippen MR) is 96.0 cm³/mol. The number of urea groups is 1. The van der Waals surface area contributed by atoms with E-state index < -0.39 is 6.04 Å². The van der Waals surface area contributed by atoms with E-state index >= 15 is 0 Å². The zero-order chi connectivity index (χ0) is 17.3. The molecule has 0 aliphatic carbocycles. The molecule has 1 unspecified atom stereocenters. The summed E-state index contributed by atoms with van der Waals surface area (Å²) in [6.07, 6.45) is 0. The first kappa shape index (κ1) is 16.3. The smallest absolute Gasteiger partial charge is 0.319 e. The molecule has 2 heterocycles. The normalized spacial score (nSPS) is 17.3. The van der Waals surface area contributed by atoms with E-state index in [0.717, 1.165) is 21.7 Å². The van der Waals surface area contributed by atoms with Gasteiger partial charge in [0.1, 0.15) is 0 Å². The van der Waals surface area contributed by atoms with Crippen molar-refractivity contribution < 1.29 is 9.59 Å². The van der Waals surface area contributed by atoms with Gasteiger partial charge in [0, 0.05) is 16.3 Å². The van der Waals surface area contributed by atoms with Gasteiger partial charge in [0.25, 0.3) is 5.91 Å². The molecule has 1 aliphatic rings. The van der Waals surface area contributed by atoms with Crippen LogP contribution in [0.3, 0.4) is 0 Å². The Morgan fingerprint density at radius 3 is 2.67 bits per heavy atom. The van der Waals surface area contributed by atoms with Gasteiger partial charge in [-0.25, -0.2) is 4.79 Å². The van der Waals surface area contributed by atoms with Gasteiger partial charge in [-0.1, -0.05) is 23.8 Å². The summed E-state index contributed by atoms with van der Waals surface area (Å²) in [6.45, 7) is 5.72. The second-order valence-corrected chi connectivity index (χ2v) is 6.84. The minimum atomic E-state index is -0.440. The molecule has 0 radical (unpaired) electrons. The summed E-state index contributed by atoms with van der Waals surface area (Å²) >= 11 is 1.51. The van der Waals surface area contributed by atoms with Crippen LogP contribution in [0.25, 0.3) is 0 Å². The van der Waals surface area contributed by atoms with Crippen LogP contribution < -0.4 is 16.0 Å². The molecule has 0 spiro atoms. The monoisotopic (exact) mass is 341 g/mol. The lowest BCUT2D eigenvalue weighted by molar-refractivity contribution is -0.113. The highest BCUT2D eigenvalue weighted by atomic mass is 32.1. The SMILES string of the molecule is CC1=C(C(=O)Nc2ccc(C)cc2C)C(c2cccs2)NC(=O)N1. The number of carbonyl (C=O) groups excluding carboxylic acids is 2. The molecule has 3 rings (SSSR count). The van der Waals surface area contributed by atoms with Gasteiger partial charge in [-0.2, -0.15) is 0 Å². The van der Waals surface area contributed by atoms with Crippen LogP contribution in [-0.4, -0.2) is 11.9 Å². The van der Waals surface area contributed by atoms with Crippen molar-refractivity contribution in [1.82, 2.24) is 10.6 Å². The third-order valence-corrected chi connectivity index (χ3v) is 4.91. The van der Waals surface area contributed by atoms with E-state index in [1.165, 1.54) is 11.3 Å². The zero-order valence-corrected chi connectivity index (χ0v) is 14.6. The first-order chi connectivity index (χ1) is 11.5. The van der Waals surface area contributed by atoms with Crippen LogP contribution in [-0.2, 0) is 4.79 Å². The Morgan fingerprint density at radius 2 is 2.00 bits per heavy atom. The fourth-order valence-corrected chi connectivity index (χ4v) is 3.59. The molecular weight excluding hydrogens is 322 g/mol. The number of aryl methyl sites for hydroxylation is 2. The van der Waals surface area contributed by atoms with Crippen molar-refractivity contribution >= 4 is 29.0 Å². The van der Waals surface area contributed by atoms with E-state index in [4.69, 9.17) is 0 Å². The molecule has 0 fully saturated rings. The molecule has 6 heteroatoms. The molecule has 24 heavy (non-hydrogen) atoms. The maximum atomic E-state index is 12.9. The molecule has 1 atom stereocenters. The maximum Gasteiger partial charge on any atom is 0.319 e. The third kappa shape index (κ3) is 3.19. The van der Waals surface area contributed by atoms with Crippen LogP contribution in [0.5, 0.6) is 0 Å². The number of rotatable bonds is 3. The van der Waals surface area contributed by atoms with Crippen molar-refractivity contribution in [2.75, 3.05) is 5.32 Å². The largest absolute Gasteiger partial charge is 0.326 e. The van der Waals surface area contributed by atoms with Crippen LogP contribution in [0.2, 0.25) is 0 Å². The molecule has 0 saturated heterocycles. The number of anilines is 1. The van der Waals surface area contributed by atoms with Gasteiger partial charge < -0.3 is 16.0 Å². The van der Waals surface area contributed by atoms with Crippen molar-refractivity contribution in [2.45, 2.75) is 26.8 Å². The van der Waals surface area contributed by atoms with Gasteiger partial charge in [-0.3, -0.25) is 4.79 Å². The van der Waals surface area contributed by atoms with Gasteiger partial charge in [-0.05, 0) is 43.8 Å². The Bertz CT molecular complexity index is 825. The second kappa shape index (κ2) is 6.49. The van der Waals surface area contributed by atoms with Crippen LogP contribution in [0.1, 0.15) is 29.0 Å². The molecule has 0 saturated carbocycles. The van der Waals surface area contributed by atoms with Crippen LogP contribution in [0, 0.1) is 13.8 Å². The molecule has 124 valence electrons. The van der Waals surface area contributed by atoms with Gasteiger partial charge in [0.15, 0.2) is 0 Å². The lowest BCUT2D eigenvalue weighted by atomic mass is 10.00. The Morgan fingerprint density at radius 1 is 1.21 bits per heavy atom. The fraction of sp³-hybridized carbons (Fsp3) is 0.222. The first-order valence-electron chi connectivity index (χ1n) is 7.66. The molecule has 1 aliphatic heterocycles. The number of nitrogens with one attached hydrogen (secondary N) is 3. The highest BCUT2D eigenvalue weighted by Gasteiger charge is 2.31. The standard InChI is InChI=1S/C18H19N3O2S/c1-10-6-7-13(11(2)9-10)20-17(22)15-12(3)19-18(23)21-16(15)14-5-4-8-24-14/h4-9,16H,1-3H3,(H,20,22)(H2,19,21,23). The van der Waals surface area contributed by atoms with Crippen LogP contribution in [0.4, 0.5) is 10.5 Å². The first-order valence-corrected chi connectivity index (χ1v) is 8.54. The van der Waals surface area contributed by atoms with E-state index in [0.29, 0.717) is 11.3 Å². The van der Waals surface area contributed by atoms with E-state index in [1.54, 1.807) is 6.92 Å². The number of amides is 3. The minimum absolute atomic E-state index is 0.217. The van der Waals surface area contributed by atoms with Crippen molar-refractivity contribution in [3.8, 4) is 0 Å². The molecule has 5 nitrogen and oxygen atoms in total. The topological polar surface area (TPSA) is 70.2 Å². The number of benzene rings is 1. The fourth-order valence-electron chi connectivity index (χ4n) is 2.81. The van der Waals surface area contributed by atoms with Crippen molar-refractivity contribution in [3.05, 3.63) is 63.0 Å². The highest BCUT2D eigenvalue weighted by Crippen LogP contribution is 2.30. The van der Waals surface area contributed by atoms with Gasteiger partial charge in [0.05, 0.1) is 11.6 Å². The van der Waals surface area contributed by atoms with Crippen LogP contribution >= 0.6 is 11.3 Å². The Hall–Kier alpha value is -2.60. The average Bonchev–Trinajstić information content (AvgIpc) is 3.03. The molecule has 3 N–H and O–H groups in total. The minimum Gasteiger partial charge on any atom is -0.326 e. The summed E-state index contributed by atoms with van der Waals surface area (Å²) in [6, 6.07) is 8.96. The van der Waals surface area contributed by atoms with Crippen molar-refractivity contribution in [2.24, 2.45) is 0 Å². The van der Waals surface area contributed by atoms with Gasteiger partial charge in [0.2, 0.25) is 0 Å². The van der Waals surface area contributed by atoms with Crippen molar-refractivity contribution in [3.63, 3.8) is 0 Å². The van der Waals surface area contributed by atoms with Gasteiger partial charge >= 0.3 is 6.03 Å². The average molecular weight is 341 g/mol. The molecule has 1 aromatic carbocycles. The van der Waals surface area contributed by atoms with Crippen molar-refractivity contribution in [1.29, 1.82) is 0 Å². The highest BCUT2D eigenvalue weighted by molar-refractivity contribution is 7.10. The molecule has 3 amide bonds. The van der Waals surface area contributed by atoms with E-state index in [1.807, 2.05) is 49.6 Å². The summed E-state index contributed by atoms with van der Waals surface area (Å²) in [5.74, 6) is -0.217. The summed E-state index contributed by atoms with van der Waals surface area (Å²) in [5.41, 5.74) is 4.01. The zero-order valence-electron chi connectivity index (χ0n) is 13.8. The van der Waals surface area contributed by atoms with E-state index in [-0.39, 0.29) is 11.9 Å². The number of hydrogen-bond acceptors (Lipinski definition) is 3. The molecule has 2 aromatic rings. The Labute approximate surface area is 144 Å². The Kier molecular flexibility index (Phi) is 4.40. The van der Waals surface area contributed by atoms with E-state index in [9.17, 15) is 9.59 Å². The number of allylic oxidation sites excluding steroid dienone is 1. The quantitative estimate of drug-likeness (QED) is 0.798. The maximum absolute atomic E-state index is 12.9. The lowest BCUT2D eigenvalue weighted by Gasteiger charge is -2.27.